The van der Waals surface area contributed by atoms with E-state index in [9.17, 15) is 19.2 Å². The fourth-order valence-electron chi connectivity index (χ4n) is 6.77. The minimum absolute atomic E-state index is 0.0605. The normalized spacial score (nSPS) is 22.0. The quantitative estimate of drug-likeness (QED) is 0.0859. The van der Waals surface area contributed by atoms with Gasteiger partial charge in [0, 0.05) is 34.1 Å². The van der Waals surface area contributed by atoms with Gasteiger partial charge in [0.05, 0.1) is 25.3 Å². The molecule has 302 valence electrons. The van der Waals surface area contributed by atoms with E-state index in [0.29, 0.717) is 41.7 Å². The summed E-state index contributed by atoms with van der Waals surface area (Å²) in [5.41, 5.74) is 6.57. The number of amides is 4. The van der Waals surface area contributed by atoms with Crippen molar-refractivity contribution in [3.8, 4) is 17.4 Å². The standard InChI is InChI=1S/C41H59N5O8S/c1-24(2)52-34-22-33(28-16-17-32(51-8)25(3)35(28)44-34)53-27-21-31(36(42)47)46(23-27)38(49)30(43-39(50)54-40(4,5)6)15-13-11-9-10-12-14-26-20-29(26)37(48)45-55-41(7)18-19-41/h12,14,16-17,22,24,26-27,29-31H,9-11,13,15,18-21,23H2,1-8H3,(H2,42,47)(H,43,50)(H,45,48)/b14-12-/t26?,27-,29?,30+,31?/m1/s1. The van der Waals surface area contributed by atoms with Crippen LogP contribution in [-0.4, -0.2) is 82.0 Å². The molecule has 1 aromatic heterocycles. The molecule has 0 spiro atoms. The molecule has 5 rings (SSSR count). The molecule has 13 nitrogen and oxygen atoms in total. The number of aromatic nitrogens is 1. The average molecular weight is 782 g/mol. The number of ether oxygens (including phenoxy) is 4. The second-order valence-electron chi connectivity index (χ2n) is 16.6. The van der Waals surface area contributed by atoms with Gasteiger partial charge in [0.15, 0.2) is 0 Å². The van der Waals surface area contributed by atoms with Gasteiger partial charge in [-0.3, -0.25) is 19.1 Å². The third kappa shape index (κ3) is 11.7. The number of nitrogens with one attached hydrogen (secondary N) is 2. The van der Waals surface area contributed by atoms with E-state index in [1.165, 1.54) is 4.90 Å². The van der Waals surface area contributed by atoms with E-state index >= 15 is 0 Å². The fraction of sp³-hybridized carbons (Fsp3) is 0.634. The van der Waals surface area contributed by atoms with Gasteiger partial charge in [-0.15, -0.1) is 0 Å². The molecule has 0 bridgehead atoms. The summed E-state index contributed by atoms with van der Waals surface area (Å²) in [6.45, 7) is 13.2. The number of rotatable bonds is 18. The Balaban J connectivity index is 1.21. The van der Waals surface area contributed by atoms with Crippen LogP contribution >= 0.6 is 11.9 Å². The van der Waals surface area contributed by atoms with Gasteiger partial charge < -0.3 is 34.9 Å². The zero-order valence-corrected chi connectivity index (χ0v) is 34.4. The van der Waals surface area contributed by atoms with Crippen LogP contribution in [0.15, 0.2) is 30.4 Å². The van der Waals surface area contributed by atoms with Crippen LogP contribution in [0.4, 0.5) is 4.79 Å². The summed E-state index contributed by atoms with van der Waals surface area (Å²) >= 11 is 1.56. The van der Waals surface area contributed by atoms with Gasteiger partial charge >= 0.3 is 6.09 Å². The molecule has 2 aromatic rings. The highest BCUT2D eigenvalue weighted by atomic mass is 32.2. The molecule has 4 amide bonds. The number of hydrogen-bond acceptors (Lipinski definition) is 10. The zero-order chi connectivity index (χ0) is 40.1. The molecule has 0 radical (unpaired) electrons. The molecule has 4 N–H and O–H groups in total. The topological polar surface area (TPSA) is 171 Å². The van der Waals surface area contributed by atoms with Crippen LogP contribution in [0.5, 0.6) is 17.4 Å². The first kappa shape index (κ1) is 42.0. The molecule has 5 atom stereocenters. The van der Waals surface area contributed by atoms with Crippen molar-refractivity contribution in [2.45, 2.75) is 141 Å². The Bertz CT molecular complexity index is 1760. The van der Waals surface area contributed by atoms with Crippen molar-refractivity contribution in [2.75, 3.05) is 13.7 Å². The molecule has 2 aliphatic carbocycles. The van der Waals surface area contributed by atoms with Gasteiger partial charge in [0.25, 0.3) is 0 Å². The molecule has 2 saturated carbocycles. The van der Waals surface area contributed by atoms with Gasteiger partial charge in [0.2, 0.25) is 23.6 Å². The number of fused-ring (bicyclic) bond motifs is 1. The van der Waals surface area contributed by atoms with E-state index < -0.39 is 41.7 Å². The molecular formula is C41H59N5O8S. The molecule has 1 aliphatic heterocycles. The third-order valence-electron chi connectivity index (χ3n) is 10.1. The first-order chi connectivity index (χ1) is 26.0. The lowest BCUT2D eigenvalue weighted by atomic mass is 10.0. The number of allylic oxidation sites excluding steroid dienone is 2. The van der Waals surface area contributed by atoms with Crippen molar-refractivity contribution < 1.29 is 38.1 Å². The van der Waals surface area contributed by atoms with Gasteiger partial charge in [-0.2, -0.15) is 0 Å². The second-order valence-corrected chi connectivity index (χ2v) is 18.0. The molecule has 3 fully saturated rings. The predicted octanol–water partition coefficient (Wildman–Crippen LogP) is 6.53. The number of aryl methyl sites for hydroxylation is 1. The van der Waals surface area contributed by atoms with E-state index in [-0.39, 0.29) is 35.6 Å². The number of pyridine rings is 1. The third-order valence-corrected chi connectivity index (χ3v) is 11.3. The molecule has 1 aromatic carbocycles. The largest absolute Gasteiger partial charge is 0.496 e. The van der Waals surface area contributed by atoms with Crippen LogP contribution in [0.3, 0.4) is 0 Å². The van der Waals surface area contributed by atoms with Gasteiger partial charge in [0.1, 0.15) is 35.3 Å². The predicted molar refractivity (Wildman–Crippen MR) is 213 cm³/mol. The molecule has 14 heteroatoms. The van der Waals surface area contributed by atoms with Crippen molar-refractivity contribution in [1.82, 2.24) is 19.9 Å². The molecule has 3 aliphatic rings. The second kappa shape index (κ2) is 17.7. The number of unbranched alkanes of at least 4 members (excludes halogenated alkanes) is 3. The van der Waals surface area contributed by atoms with Crippen molar-refractivity contribution >= 4 is 46.7 Å². The fourth-order valence-corrected chi connectivity index (χ4v) is 7.58. The minimum Gasteiger partial charge on any atom is -0.496 e. The van der Waals surface area contributed by atoms with Gasteiger partial charge in [-0.05, 0) is 117 Å². The van der Waals surface area contributed by atoms with Crippen LogP contribution in [-0.2, 0) is 19.1 Å². The lowest BCUT2D eigenvalue weighted by Gasteiger charge is -2.28. The number of likely N-dealkylation sites (tertiary alicyclic amines) is 1. The van der Waals surface area contributed by atoms with E-state index in [2.05, 4.69) is 29.1 Å². The maximum Gasteiger partial charge on any atom is 0.408 e. The highest BCUT2D eigenvalue weighted by Crippen LogP contribution is 2.47. The number of carbonyl (C=O) groups excluding carboxylic acids is 4. The summed E-state index contributed by atoms with van der Waals surface area (Å²) in [4.78, 5) is 58.5. The first-order valence-electron chi connectivity index (χ1n) is 19.5. The molecule has 1 saturated heterocycles. The maximum absolute atomic E-state index is 14.2. The van der Waals surface area contributed by atoms with E-state index in [0.717, 1.165) is 49.5 Å². The van der Waals surface area contributed by atoms with Crippen LogP contribution < -0.4 is 30.0 Å². The van der Waals surface area contributed by atoms with Gasteiger partial charge in [-0.25, -0.2) is 9.78 Å². The first-order valence-corrected chi connectivity index (χ1v) is 20.3. The number of methoxy groups -OCH3 is 1. The van der Waals surface area contributed by atoms with Crippen LogP contribution in [0.1, 0.15) is 105 Å². The number of hydrogen-bond donors (Lipinski definition) is 3. The Hall–Kier alpha value is -4.20. The van der Waals surface area contributed by atoms with Crippen molar-refractivity contribution in [3.05, 3.63) is 35.9 Å². The Labute approximate surface area is 329 Å². The lowest BCUT2D eigenvalue weighted by Crippen LogP contribution is -2.53. The van der Waals surface area contributed by atoms with Crippen molar-refractivity contribution in [2.24, 2.45) is 17.6 Å². The SMILES string of the molecule is COc1ccc2c(O[C@@H]3CC(C(N)=O)N(C(=O)[C@H](CCCCC/C=C\C4CC4C(=O)NSC4(C)CC4)NC(=O)OC(C)(C)C)C3)cc(OC(C)C)nc2c1C. The molecular weight excluding hydrogens is 723 g/mol. The molecule has 55 heavy (non-hydrogen) atoms. The number of benzene rings is 1. The number of nitrogens with zero attached hydrogens (tertiary/aromatic N) is 2. The summed E-state index contributed by atoms with van der Waals surface area (Å²) in [7, 11) is 1.60. The van der Waals surface area contributed by atoms with Crippen LogP contribution in [0.2, 0.25) is 0 Å². The summed E-state index contributed by atoms with van der Waals surface area (Å²) in [6.07, 6.45) is 9.78. The number of primary amides is 1. The average Bonchev–Trinajstić information content (AvgIpc) is 4.01. The Morgan fingerprint density at radius 1 is 1.11 bits per heavy atom. The zero-order valence-electron chi connectivity index (χ0n) is 33.6. The minimum atomic E-state index is -0.935. The highest BCUT2D eigenvalue weighted by molar-refractivity contribution is 7.99. The summed E-state index contributed by atoms with van der Waals surface area (Å²) in [6, 6.07) is 3.55. The maximum atomic E-state index is 14.2. The summed E-state index contributed by atoms with van der Waals surface area (Å²) in [5.74, 6) is 0.945. The van der Waals surface area contributed by atoms with Crippen molar-refractivity contribution in [3.63, 3.8) is 0 Å². The Morgan fingerprint density at radius 3 is 2.51 bits per heavy atom. The summed E-state index contributed by atoms with van der Waals surface area (Å²) in [5, 5.41) is 3.50. The van der Waals surface area contributed by atoms with E-state index in [1.807, 2.05) is 32.9 Å². The number of nitrogens with two attached hydrogens (primary N) is 1. The Kier molecular flexibility index (Phi) is 13.5. The van der Waals surface area contributed by atoms with Gasteiger partial charge in [-0.1, -0.05) is 25.0 Å². The smallest absolute Gasteiger partial charge is 0.408 e. The lowest BCUT2D eigenvalue weighted by molar-refractivity contribution is -0.139. The number of carbonyl (C=O) groups is 4. The van der Waals surface area contributed by atoms with E-state index in [1.54, 1.807) is 45.9 Å². The highest BCUT2D eigenvalue weighted by Gasteiger charge is 2.45. The van der Waals surface area contributed by atoms with Crippen LogP contribution in [0, 0.1) is 18.8 Å². The van der Waals surface area contributed by atoms with Crippen molar-refractivity contribution in [1.29, 1.82) is 0 Å². The van der Waals surface area contributed by atoms with Crippen LogP contribution in [0.25, 0.3) is 10.9 Å². The Morgan fingerprint density at radius 2 is 1.85 bits per heavy atom. The molecule has 3 unspecified atom stereocenters. The monoisotopic (exact) mass is 781 g/mol. The number of alkyl carbamates (subject to hydrolysis) is 1. The summed E-state index contributed by atoms with van der Waals surface area (Å²) < 4.78 is 26.8. The van der Waals surface area contributed by atoms with E-state index in [4.69, 9.17) is 29.7 Å². The molecule has 2 heterocycles.